The van der Waals surface area contributed by atoms with Gasteiger partial charge in [0.05, 0.1) is 5.92 Å². The molecule has 0 aromatic heterocycles. The predicted molar refractivity (Wildman–Crippen MR) is 68.8 cm³/mol. The number of hydrogen-bond donors (Lipinski definition) is 0. The third-order valence-electron chi connectivity index (χ3n) is 2.88. The molecule has 0 aliphatic carbocycles. The van der Waals surface area contributed by atoms with Gasteiger partial charge in [0.15, 0.2) is 0 Å². The number of rotatable bonds is 2. The monoisotopic (exact) mass is 219 g/mol. The van der Waals surface area contributed by atoms with Crippen LogP contribution in [0.3, 0.4) is 0 Å². The van der Waals surface area contributed by atoms with Crippen LogP contribution in [0, 0.1) is 0 Å². The first-order valence-electron chi connectivity index (χ1n) is 6.12. The minimum atomic E-state index is 0.0983. The number of anilines is 1. The molecule has 16 heavy (non-hydrogen) atoms. The van der Waals surface area contributed by atoms with Gasteiger partial charge in [-0.3, -0.25) is 4.79 Å². The van der Waals surface area contributed by atoms with Crippen LogP contribution in [-0.4, -0.2) is 13.0 Å². The van der Waals surface area contributed by atoms with Crippen molar-refractivity contribution in [2.45, 2.75) is 39.5 Å². The Balaban J connectivity index is 0.000000606. The summed E-state index contributed by atoms with van der Waals surface area (Å²) in [5.74, 6) is 0.342. The van der Waals surface area contributed by atoms with Crippen molar-refractivity contribution in [2.24, 2.45) is 0 Å². The zero-order valence-electron chi connectivity index (χ0n) is 10.7. The minimum absolute atomic E-state index is 0.0983. The molecule has 0 bridgehead atoms. The smallest absolute Gasteiger partial charge is 0.234 e. The predicted octanol–water partition coefficient (Wildman–Crippen LogP) is 3.57. The van der Waals surface area contributed by atoms with Gasteiger partial charge in [-0.2, -0.15) is 0 Å². The Morgan fingerprint density at radius 1 is 1.25 bits per heavy atom. The van der Waals surface area contributed by atoms with E-state index in [9.17, 15) is 4.79 Å². The summed E-state index contributed by atoms with van der Waals surface area (Å²) in [5, 5.41) is 0. The summed E-state index contributed by atoms with van der Waals surface area (Å²) >= 11 is 0. The lowest BCUT2D eigenvalue weighted by molar-refractivity contribution is -0.119. The maximum Gasteiger partial charge on any atom is 0.234 e. The zero-order valence-corrected chi connectivity index (χ0v) is 10.7. The van der Waals surface area contributed by atoms with Crippen molar-refractivity contribution in [1.29, 1.82) is 0 Å². The maximum atomic E-state index is 11.9. The molecule has 0 radical (unpaired) electrons. The number of hydrogen-bond acceptors (Lipinski definition) is 1. The Labute approximate surface area is 98.3 Å². The van der Waals surface area contributed by atoms with Crippen LogP contribution in [0.1, 0.15) is 45.1 Å². The first-order valence-corrected chi connectivity index (χ1v) is 6.12. The van der Waals surface area contributed by atoms with Crippen molar-refractivity contribution in [3.8, 4) is 0 Å². The molecule has 0 N–H and O–H groups in total. The number of likely N-dealkylation sites (N-methyl/N-ethyl adjacent to an activating group) is 1. The molecule has 1 aromatic carbocycles. The molecule has 0 spiro atoms. The Bertz CT molecular complexity index is 360. The second-order valence-electron chi connectivity index (χ2n) is 3.80. The van der Waals surface area contributed by atoms with Gasteiger partial charge >= 0.3 is 0 Å². The van der Waals surface area contributed by atoms with Gasteiger partial charge in [-0.05, 0) is 18.1 Å². The Kier molecular flexibility index (Phi) is 4.53. The minimum Gasteiger partial charge on any atom is -0.315 e. The van der Waals surface area contributed by atoms with Crippen LogP contribution < -0.4 is 4.90 Å². The molecule has 1 amide bonds. The fraction of sp³-hybridized carbons (Fsp3) is 0.500. The van der Waals surface area contributed by atoms with Crippen molar-refractivity contribution in [3.05, 3.63) is 29.8 Å². The van der Waals surface area contributed by atoms with Gasteiger partial charge in [0, 0.05) is 12.7 Å². The number of para-hydroxylation sites is 1. The quantitative estimate of drug-likeness (QED) is 0.744. The van der Waals surface area contributed by atoms with Crippen molar-refractivity contribution in [2.75, 3.05) is 11.9 Å². The number of amides is 1. The van der Waals surface area contributed by atoms with E-state index in [0.717, 1.165) is 18.5 Å². The van der Waals surface area contributed by atoms with E-state index in [2.05, 4.69) is 13.0 Å². The normalized spacial score (nSPS) is 17.9. The fourth-order valence-corrected chi connectivity index (χ4v) is 2.14. The Hall–Kier alpha value is -1.31. The molecule has 1 aromatic rings. The molecular formula is C14H21NO. The Morgan fingerprint density at radius 3 is 2.50 bits per heavy atom. The highest BCUT2D eigenvalue weighted by molar-refractivity contribution is 6.04. The molecule has 0 saturated carbocycles. The van der Waals surface area contributed by atoms with E-state index in [1.165, 1.54) is 5.56 Å². The number of nitrogens with zero attached hydrogens (tertiary/aromatic N) is 1. The molecule has 0 fully saturated rings. The third-order valence-corrected chi connectivity index (χ3v) is 2.88. The molecule has 2 heteroatoms. The van der Waals surface area contributed by atoms with E-state index in [0.29, 0.717) is 0 Å². The van der Waals surface area contributed by atoms with Crippen LogP contribution in [-0.2, 0) is 4.79 Å². The summed E-state index contributed by atoms with van der Waals surface area (Å²) in [4.78, 5) is 13.7. The number of carbonyl (C=O) groups excluding carboxylic acids is 1. The molecule has 1 heterocycles. The highest BCUT2D eigenvalue weighted by Gasteiger charge is 2.33. The fourth-order valence-electron chi connectivity index (χ4n) is 2.14. The van der Waals surface area contributed by atoms with E-state index in [1.807, 2.05) is 39.1 Å². The molecule has 88 valence electrons. The van der Waals surface area contributed by atoms with E-state index in [4.69, 9.17) is 0 Å². The van der Waals surface area contributed by atoms with Crippen LogP contribution in [0.4, 0.5) is 5.69 Å². The van der Waals surface area contributed by atoms with Gasteiger partial charge < -0.3 is 4.90 Å². The standard InChI is InChI=1S/C12H15NO.C2H6/c1-3-6-10-9-7-4-5-8-11(9)13(2)12(10)14;1-2/h4-5,7-8,10H,3,6H2,1-2H3;1-2H3. The number of benzene rings is 1. The molecule has 1 aliphatic heterocycles. The average Bonchev–Trinajstić information content (AvgIpc) is 2.58. The molecule has 1 aliphatic rings. The summed E-state index contributed by atoms with van der Waals surface area (Å²) in [7, 11) is 1.86. The molecule has 2 nitrogen and oxygen atoms in total. The highest BCUT2D eigenvalue weighted by atomic mass is 16.2. The van der Waals surface area contributed by atoms with Gasteiger partial charge in [0.1, 0.15) is 0 Å². The topological polar surface area (TPSA) is 20.3 Å². The summed E-state index contributed by atoms with van der Waals surface area (Å²) in [6.45, 7) is 6.12. The first-order chi connectivity index (χ1) is 7.75. The second kappa shape index (κ2) is 5.69. The van der Waals surface area contributed by atoms with E-state index >= 15 is 0 Å². The zero-order chi connectivity index (χ0) is 12.1. The SMILES string of the molecule is CC.CCCC1C(=O)N(C)c2ccccc21. The van der Waals surface area contributed by atoms with Crippen LogP contribution in [0.25, 0.3) is 0 Å². The van der Waals surface area contributed by atoms with Gasteiger partial charge in [0.25, 0.3) is 0 Å². The molecule has 1 atom stereocenters. The van der Waals surface area contributed by atoms with Crippen LogP contribution in [0.5, 0.6) is 0 Å². The van der Waals surface area contributed by atoms with E-state index < -0.39 is 0 Å². The lowest BCUT2D eigenvalue weighted by Crippen LogP contribution is -2.23. The molecule has 0 saturated heterocycles. The van der Waals surface area contributed by atoms with Crippen molar-refractivity contribution >= 4 is 11.6 Å². The van der Waals surface area contributed by atoms with Crippen LogP contribution in [0.2, 0.25) is 0 Å². The average molecular weight is 219 g/mol. The molecule has 2 rings (SSSR count). The van der Waals surface area contributed by atoms with Gasteiger partial charge in [0.2, 0.25) is 5.91 Å². The molecular weight excluding hydrogens is 198 g/mol. The Morgan fingerprint density at radius 2 is 1.88 bits per heavy atom. The third kappa shape index (κ3) is 2.11. The largest absolute Gasteiger partial charge is 0.315 e. The van der Waals surface area contributed by atoms with Crippen molar-refractivity contribution < 1.29 is 4.79 Å². The van der Waals surface area contributed by atoms with E-state index in [1.54, 1.807) is 4.90 Å². The lowest BCUT2D eigenvalue weighted by Gasteiger charge is -2.09. The van der Waals surface area contributed by atoms with Crippen LogP contribution >= 0.6 is 0 Å². The first kappa shape index (κ1) is 12.8. The summed E-state index contributed by atoms with van der Waals surface area (Å²) in [5.41, 5.74) is 2.28. The maximum absolute atomic E-state index is 11.9. The highest BCUT2D eigenvalue weighted by Crippen LogP contribution is 2.38. The summed E-state index contributed by atoms with van der Waals surface area (Å²) in [6.07, 6.45) is 2.01. The van der Waals surface area contributed by atoms with E-state index in [-0.39, 0.29) is 11.8 Å². The summed E-state index contributed by atoms with van der Waals surface area (Å²) in [6, 6.07) is 8.07. The van der Waals surface area contributed by atoms with Crippen LogP contribution in [0.15, 0.2) is 24.3 Å². The lowest BCUT2D eigenvalue weighted by atomic mass is 9.96. The van der Waals surface area contributed by atoms with Gasteiger partial charge in [-0.15, -0.1) is 0 Å². The van der Waals surface area contributed by atoms with Gasteiger partial charge in [-0.25, -0.2) is 0 Å². The molecule has 1 unspecified atom stereocenters. The van der Waals surface area contributed by atoms with Crippen molar-refractivity contribution in [3.63, 3.8) is 0 Å². The number of carbonyl (C=O) groups is 1. The summed E-state index contributed by atoms with van der Waals surface area (Å²) < 4.78 is 0. The number of fused-ring (bicyclic) bond motifs is 1. The second-order valence-corrected chi connectivity index (χ2v) is 3.80. The van der Waals surface area contributed by atoms with Crippen molar-refractivity contribution in [1.82, 2.24) is 0 Å². The van der Waals surface area contributed by atoms with Gasteiger partial charge in [-0.1, -0.05) is 45.4 Å².